The number of rotatable bonds is 5. The van der Waals surface area contributed by atoms with Gasteiger partial charge in [0.2, 0.25) is 11.7 Å². The smallest absolute Gasteiger partial charge is 0.329 e. The van der Waals surface area contributed by atoms with Crippen molar-refractivity contribution in [2.75, 3.05) is 0 Å². The fourth-order valence-corrected chi connectivity index (χ4v) is 3.25. The van der Waals surface area contributed by atoms with Gasteiger partial charge in [-0.2, -0.15) is 4.98 Å². The molecular formula is C18H18N4O4S. The molecule has 9 heteroatoms. The van der Waals surface area contributed by atoms with E-state index >= 15 is 0 Å². The van der Waals surface area contributed by atoms with Gasteiger partial charge >= 0.3 is 6.03 Å². The van der Waals surface area contributed by atoms with Crippen LogP contribution in [0.5, 0.6) is 0 Å². The van der Waals surface area contributed by atoms with Crippen LogP contribution in [0.1, 0.15) is 17.0 Å². The maximum atomic E-state index is 12.2. The minimum Gasteiger partial charge on any atom is -0.337 e. The number of nitrogens with one attached hydrogen (secondary N) is 2. The first kappa shape index (κ1) is 18.6. The summed E-state index contributed by atoms with van der Waals surface area (Å²) >= 11 is 0. The van der Waals surface area contributed by atoms with E-state index in [0.717, 1.165) is 16.7 Å². The Bertz CT molecular complexity index is 1060. The molecule has 0 unspecified atom stereocenters. The fraction of sp³-hybridized carbons (Fsp3) is 0.167. The van der Waals surface area contributed by atoms with Crippen LogP contribution in [0.15, 0.2) is 57.9 Å². The van der Waals surface area contributed by atoms with E-state index in [2.05, 4.69) is 15.5 Å². The monoisotopic (exact) mass is 386 g/mol. The van der Waals surface area contributed by atoms with Gasteiger partial charge in [-0.25, -0.2) is 17.9 Å². The highest BCUT2D eigenvalue weighted by Gasteiger charge is 2.18. The van der Waals surface area contributed by atoms with Crippen LogP contribution in [0.25, 0.3) is 11.4 Å². The Balaban J connectivity index is 1.60. The van der Waals surface area contributed by atoms with E-state index < -0.39 is 16.1 Å². The van der Waals surface area contributed by atoms with Crippen LogP contribution in [0.4, 0.5) is 4.79 Å². The summed E-state index contributed by atoms with van der Waals surface area (Å²) in [6, 6.07) is 12.8. The molecule has 2 aromatic carbocycles. The maximum Gasteiger partial charge on any atom is 0.329 e. The summed E-state index contributed by atoms with van der Waals surface area (Å²) in [5, 5.41) is 6.25. The molecule has 0 saturated carbocycles. The summed E-state index contributed by atoms with van der Waals surface area (Å²) in [6.07, 6.45) is 0. The molecule has 1 heterocycles. The topological polar surface area (TPSA) is 114 Å². The third kappa shape index (κ3) is 4.70. The third-order valence-corrected chi connectivity index (χ3v) is 5.05. The second-order valence-electron chi connectivity index (χ2n) is 5.98. The van der Waals surface area contributed by atoms with Gasteiger partial charge in [0.1, 0.15) is 0 Å². The molecule has 140 valence electrons. The minimum absolute atomic E-state index is 0.00257. The lowest BCUT2D eigenvalue weighted by Gasteiger charge is -2.07. The molecule has 0 fully saturated rings. The summed E-state index contributed by atoms with van der Waals surface area (Å²) in [5.41, 5.74) is 2.76. The van der Waals surface area contributed by atoms with Gasteiger partial charge in [0.25, 0.3) is 10.0 Å². The Morgan fingerprint density at radius 2 is 1.81 bits per heavy atom. The predicted molar refractivity (Wildman–Crippen MR) is 98.2 cm³/mol. The van der Waals surface area contributed by atoms with Crippen molar-refractivity contribution in [1.82, 2.24) is 20.2 Å². The summed E-state index contributed by atoms with van der Waals surface area (Å²) in [4.78, 5) is 16.1. The van der Waals surface area contributed by atoms with Gasteiger partial charge in [0, 0.05) is 5.56 Å². The van der Waals surface area contributed by atoms with E-state index in [1.54, 1.807) is 12.1 Å². The van der Waals surface area contributed by atoms with Crippen LogP contribution in [-0.4, -0.2) is 24.6 Å². The molecule has 2 N–H and O–H groups in total. The number of sulfonamides is 1. The average molecular weight is 386 g/mol. The quantitative estimate of drug-likeness (QED) is 0.696. The molecule has 0 aliphatic carbocycles. The lowest BCUT2D eigenvalue weighted by atomic mass is 10.1. The zero-order chi connectivity index (χ0) is 19.4. The van der Waals surface area contributed by atoms with Crippen molar-refractivity contribution in [2.45, 2.75) is 25.3 Å². The van der Waals surface area contributed by atoms with Crippen LogP contribution < -0.4 is 10.0 Å². The first-order valence-electron chi connectivity index (χ1n) is 8.10. The highest BCUT2D eigenvalue weighted by Crippen LogP contribution is 2.16. The SMILES string of the molecule is Cc1ccc(S(=O)(=O)NC(=O)NCc2nc(-c3cccc(C)c3)no2)cc1. The van der Waals surface area contributed by atoms with E-state index in [0.29, 0.717) is 5.82 Å². The second kappa shape index (κ2) is 7.58. The number of carbonyl (C=O) groups excluding carboxylic acids is 1. The fourth-order valence-electron chi connectivity index (χ4n) is 2.32. The molecule has 0 aliphatic heterocycles. The number of amides is 2. The molecule has 0 saturated heterocycles. The first-order chi connectivity index (χ1) is 12.8. The van der Waals surface area contributed by atoms with Crippen LogP contribution in [0.2, 0.25) is 0 Å². The molecule has 0 radical (unpaired) electrons. The predicted octanol–water partition coefficient (Wildman–Crippen LogP) is 2.54. The molecule has 0 bridgehead atoms. The average Bonchev–Trinajstić information content (AvgIpc) is 3.09. The number of aromatic nitrogens is 2. The lowest BCUT2D eigenvalue weighted by Crippen LogP contribution is -2.39. The van der Waals surface area contributed by atoms with Crippen molar-refractivity contribution in [2.24, 2.45) is 0 Å². The van der Waals surface area contributed by atoms with Crippen molar-refractivity contribution in [3.05, 3.63) is 65.5 Å². The van der Waals surface area contributed by atoms with Crippen molar-refractivity contribution < 1.29 is 17.7 Å². The minimum atomic E-state index is -3.95. The van der Waals surface area contributed by atoms with Crippen molar-refractivity contribution >= 4 is 16.1 Å². The number of urea groups is 1. The van der Waals surface area contributed by atoms with E-state index in [-0.39, 0.29) is 17.3 Å². The molecule has 27 heavy (non-hydrogen) atoms. The standard InChI is InChI=1S/C18H18N4O4S/c1-12-6-8-15(9-7-12)27(24,25)22-18(23)19-11-16-20-17(21-26-16)14-5-3-4-13(2)10-14/h3-10H,11H2,1-2H3,(H2,19,22,23). The van der Waals surface area contributed by atoms with Gasteiger partial charge in [0.15, 0.2) is 0 Å². The maximum absolute atomic E-state index is 12.2. The van der Waals surface area contributed by atoms with Gasteiger partial charge in [-0.15, -0.1) is 0 Å². The van der Waals surface area contributed by atoms with Gasteiger partial charge in [-0.3, -0.25) is 0 Å². The molecule has 1 aromatic heterocycles. The van der Waals surface area contributed by atoms with Gasteiger partial charge < -0.3 is 9.84 Å². The van der Waals surface area contributed by atoms with Crippen LogP contribution in [0.3, 0.4) is 0 Å². The molecule has 0 atom stereocenters. The molecule has 0 spiro atoms. The van der Waals surface area contributed by atoms with Crippen molar-refractivity contribution in [3.8, 4) is 11.4 Å². The highest BCUT2D eigenvalue weighted by atomic mass is 32.2. The number of nitrogens with zero attached hydrogens (tertiary/aromatic N) is 2. The number of hydrogen-bond acceptors (Lipinski definition) is 6. The summed E-state index contributed by atoms with van der Waals surface area (Å²) < 4.78 is 31.4. The van der Waals surface area contributed by atoms with Gasteiger partial charge in [0.05, 0.1) is 11.4 Å². The first-order valence-corrected chi connectivity index (χ1v) is 9.59. The van der Waals surface area contributed by atoms with Crippen LogP contribution in [-0.2, 0) is 16.6 Å². The highest BCUT2D eigenvalue weighted by molar-refractivity contribution is 7.90. The molecule has 0 aliphatic rings. The Hall–Kier alpha value is -3.20. The van der Waals surface area contributed by atoms with E-state index in [4.69, 9.17) is 4.52 Å². The Kier molecular flexibility index (Phi) is 5.22. The van der Waals surface area contributed by atoms with E-state index in [1.165, 1.54) is 12.1 Å². The zero-order valence-electron chi connectivity index (χ0n) is 14.8. The Morgan fingerprint density at radius 3 is 2.52 bits per heavy atom. The number of hydrogen-bond donors (Lipinski definition) is 2. The Morgan fingerprint density at radius 1 is 1.07 bits per heavy atom. The van der Waals surface area contributed by atoms with Gasteiger partial charge in [-0.1, -0.05) is 46.6 Å². The zero-order valence-corrected chi connectivity index (χ0v) is 15.6. The van der Waals surface area contributed by atoms with E-state index in [9.17, 15) is 13.2 Å². The number of carbonyl (C=O) groups is 1. The molecular weight excluding hydrogens is 368 g/mol. The van der Waals surface area contributed by atoms with Gasteiger partial charge in [-0.05, 0) is 32.0 Å². The summed E-state index contributed by atoms with van der Waals surface area (Å²) in [7, 11) is -3.95. The van der Waals surface area contributed by atoms with E-state index in [1.807, 2.05) is 42.8 Å². The number of aryl methyl sites for hydroxylation is 2. The van der Waals surface area contributed by atoms with Crippen molar-refractivity contribution in [3.63, 3.8) is 0 Å². The second-order valence-corrected chi connectivity index (χ2v) is 7.66. The normalized spacial score (nSPS) is 11.2. The number of benzene rings is 2. The molecule has 2 amide bonds. The molecule has 3 rings (SSSR count). The van der Waals surface area contributed by atoms with Crippen LogP contribution >= 0.6 is 0 Å². The van der Waals surface area contributed by atoms with Crippen LogP contribution in [0, 0.1) is 13.8 Å². The molecule has 8 nitrogen and oxygen atoms in total. The summed E-state index contributed by atoms with van der Waals surface area (Å²) in [5.74, 6) is 0.553. The summed E-state index contributed by atoms with van der Waals surface area (Å²) in [6.45, 7) is 3.69. The van der Waals surface area contributed by atoms with Crippen molar-refractivity contribution in [1.29, 1.82) is 0 Å². The molecule has 3 aromatic rings. The Labute approximate surface area is 156 Å². The largest absolute Gasteiger partial charge is 0.337 e. The lowest BCUT2D eigenvalue weighted by molar-refractivity contribution is 0.243. The third-order valence-electron chi connectivity index (χ3n) is 3.70.